The van der Waals surface area contributed by atoms with Gasteiger partial charge in [-0.05, 0) is 31.2 Å². The predicted octanol–water partition coefficient (Wildman–Crippen LogP) is 1.75. The van der Waals surface area contributed by atoms with Crippen LogP contribution < -0.4 is 10.5 Å². The van der Waals surface area contributed by atoms with Gasteiger partial charge in [-0.3, -0.25) is 4.79 Å². The summed E-state index contributed by atoms with van der Waals surface area (Å²) in [6.07, 6.45) is -0.960. The zero-order chi connectivity index (χ0) is 15.2. The van der Waals surface area contributed by atoms with E-state index >= 15 is 0 Å². The molecule has 0 aliphatic carbocycles. The van der Waals surface area contributed by atoms with E-state index in [1.54, 1.807) is 29.8 Å². The highest BCUT2D eigenvalue weighted by atomic mass is 32.1. The lowest BCUT2D eigenvalue weighted by molar-refractivity contribution is -0.125. The van der Waals surface area contributed by atoms with E-state index in [1.807, 2.05) is 5.38 Å². The fourth-order valence-corrected chi connectivity index (χ4v) is 1.98. The Morgan fingerprint density at radius 2 is 2.05 bits per heavy atom. The van der Waals surface area contributed by atoms with Crippen molar-refractivity contribution in [2.45, 2.75) is 19.6 Å². The van der Waals surface area contributed by atoms with Crippen molar-refractivity contribution >= 4 is 23.2 Å². The lowest BCUT2D eigenvalue weighted by Gasteiger charge is -2.10. The molecule has 21 heavy (non-hydrogen) atoms. The maximum Gasteiger partial charge on any atom is 0.338 e. The molecule has 2 N–H and O–H groups in total. The van der Waals surface area contributed by atoms with E-state index in [4.69, 9.17) is 15.2 Å². The fourth-order valence-electron chi connectivity index (χ4n) is 1.44. The molecular formula is C14H14N2O4S. The fraction of sp³-hybridized carbons (Fsp3) is 0.214. The molecule has 0 bridgehead atoms. The van der Waals surface area contributed by atoms with Gasteiger partial charge in [-0.25, -0.2) is 9.78 Å². The van der Waals surface area contributed by atoms with Crippen molar-refractivity contribution in [3.63, 3.8) is 0 Å². The Hall–Kier alpha value is -2.41. The van der Waals surface area contributed by atoms with Crippen molar-refractivity contribution in [3.8, 4) is 5.75 Å². The van der Waals surface area contributed by atoms with Gasteiger partial charge in [-0.2, -0.15) is 0 Å². The Morgan fingerprint density at radius 3 is 2.62 bits per heavy atom. The van der Waals surface area contributed by atoms with Crippen LogP contribution in [0.2, 0.25) is 0 Å². The van der Waals surface area contributed by atoms with Crippen LogP contribution in [0.5, 0.6) is 5.75 Å². The van der Waals surface area contributed by atoms with Crippen LogP contribution in [0, 0.1) is 0 Å². The van der Waals surface area contributed by atoms with Crippen molar-refractivity contribution in [2.24, 2.45) is 5.73 Å². The number of rotatable bonds is 6. The average molecular weight is 306 g/mol. The summed E-state index contributed by atoms with van der Waals surface area (Å²) in [6.45, 7) is 1.79. The quantitative estimate of drug-likeness (QED) is 0.821. The van der Waals surface area contributed by atoms with Crippen LogP contribution in [-0.2, 0) is 16.1 Å². The Labute approximate surface area is 125 Å². The van der Waals surface area contributed by atoms with Gasteiger partial charge < -0.3 is 15.2 Å². The molecule has 6 nitrogen and oxygen atoms in total. The van der Waals surface area contributed by atoms with E-state index in [1.165, 1.54) is 18.3 Å². The first-order chi connectivity index (χ1) is 10.1. The second-order valence-electron chi connectivity index (χ2n) is 4.24. The van der Waals surface area contributed by atoms with Crippen LogP contribution >= 0.6 is 11.3 Å². The third-order valence-electron chi connectivity index (χ3n) is 2.64. The third kappa shape index (κ3) is 4.28. The second-order valence-corrected chi connectivity index (χ2v) is 4.96. The zero-order valence-electron chi connectivity index (χ0n) is 11.3. The van der Waals surface area contributed by atoms with E-state index in [9.17, 15) is 9.59 Å². The number of hydrogen-bond donors (Lipinski definition) is 1. The molecule has 0 aliphatic heterocycles. The van der Waals surface area contributed by atoms with Gasteiger partial charge in [0, 0.05) is 5.38 Å². The Bertz CT molecular complexity index is 610. The Balaban J connectivity index is 1.92. The molecule has 0 radical (unpaired) electrons. The predicted molar refractivity (Wildman–Crippen MR) is 77.0 cm³/mol. The highest BCUT2D eigenvalue weighted by Crippen LogP contribution is 2.15. The first kappa shape index (κ1) is 15.0. The molecule has 7 heteroatoms. The van der Waals surface area contributed by atoms with E-state index in [2.05, 4.69) is 4.98 Å². The molecule has 1 aromatic heterocycles. The molecule has 2 rings (SSSR count). The van der Waals surface area contributed by atoms with Gasteiger partial charge in [0.15, 0.2) is 6.10 Å². The van der Waals surface area contributed by atoms with E-state index < -0.39 is 18.0 Å². The minimum absolute atomic E-state index is 0.323. The van der Waals surface area contributed by atoms with Crippen molar-refractivity contribution in [2.75, 3.05) is 0 Å². The summed E-state index contributed by atoms with van der Waals surface area (Å²) in [6, 6.07) is 6.43. The molecule has 0 aliphatic rings. The first-order valence-corrected chi connectivity index (χ1v) is 7.11. The van der Waals surface area contributed by atoms with Gasteiger partial charge in [0.2, 0.25) is 0 Å². The standard InChI is InChI=1S/C14H14N2O4S/c1-9(13(15)17)20-14(18)10-2-4-12(5-3-10)19-6-11-7-21-8-16-11/h2-5,7-9H,6H2,1H3,(H2,15,17). The maximum absolute atomic E-state index is 11.7. The molecule has 110 valence electrons. The summed E-state index contributed by atoms with van der Waals surface area (Å²) in [5.41, 5.74) is 7.93. The van der Waals surface area contributed by atoms with Crippen molar-refractivity contribution in [1.82, 2.24) is 4.98 Å². The number of amides is 1. The maximum atomic E-state index is 11.7. The minimum Gasteiger partial charge on any atom is -0.487 e. The summed E-state index contributed by atoms with van der Waals surface area (Å²) in [5.74, 6) is -0.679. The van der Waals surface area contributed by atoms with Crippen molar-refractivity contribution < 1.29 is 19.1 Å². The van der Waals surface area contributed by atoms with Gasteiger partial charge in [0.1, 0.15) is 12.4 Å². The van der Waals surface area contributed by atoms with E-state index in [0.717, 1.165) is 5.69 Å². The highest BCUT2D eigenvalue weighted by Gasteiger charge is 2.16. The van der Waals surface area contributed by atoms with Gasteiger partial charge in [0.05, 0.1) is 16.8 Å². The molecule has 1 aromatic carbocycles. The Kier molecular flexibility index (Phi) is 4.89. The van der Waals surface area contributed by atoms with Gasteiger partial charge in [-0.15, -0.1) is 11.3 Å². The van der Waals surface area contributed by atoms with Crippen molar-refractivity contribution in [1.29, 1.82) is 0 Å². The number of esters is 1. The first-order valence-electron chi connectivity index (χ1n) is 6.16. The van der Waals surface area contributed by atoms with Crippen LogP contribution in [0.4, 0.5) is 0 Å². The Morgan fingerprint density at radius 1 is 1.33 bits per heavy atom. The van der Waals surface area contributed by atoms with Gasteiger partial charge >= 0.3 is 5.97 Å². The normalized spacial score (nSPS) is 11.7. The summed E-state index contributed by atoms with van der Waals surface area (Å²) in [4.78, 5) is 26.7. The molecule has 1 atom stereocenters. The summed E-state index contributed by atoms with van der Waals surface area (Å²) in [7, 11) is 0. The summed E-state index contributed by atoms with van der Waals surface area (Å²) >= 11 is 1.50. The number of thiazole rings is 1. The second kappa shape index (κ2) is 6.85. The molecule has 2 aromatic rings. The smallest absolute Gasteiger partial charge is 0.338 e. The van der Waals surface area contributed by atoms with Crippen molar-refractivity contribution in [3.05, 3.63) is 46.4 Å². The number of nitrogens with zero attached hydrogens (tertiary/aromatic N) is 1. The van der Waals surface area contributed by atoms with Gasteiger partial charge in [0.25, 0.3) is 5.91 Å². The number of primary amides is 1. The largest absolute Gasteiger partial charge is 0.487 e. The number of carbonyl (C=O) groups excluding carboxylic acids is 2. The molecule has 0 fully saturated rings. The third-order valence-corrected chi connectivity index (χ3v) is 3.28. The van der Waals surface area contributed by atoms with Crippen LogP contribution in [0.25, 0.3) is 0 Å². The lowest BCUT2D eigenvalue weighted by Crippen LogP contribution is -2.30. The van der Waals surface area contributed by atoms with Gasteiger partial charge in [-0.1, -0.05) is 0 Å². The van der Waals surface area contributed by atoms with E-state index in [-0.39, 0.29) is 0 Å². The van der Waals surface area contributed by atoms with Crippen LogP contribution in [0.3, 0.4) is 0 Å². The molecule has 0 spiro atoms. The molecule has 0 saturated carbocycles. The number of aromatic nitrogens is 1. The molecular weight excluding hydrogens is 292 g/mol. The molecule has 0 saturated heterocycles. The number of carbonyl (C=O) groups is 2. The summed E-state index contributed by atoms with van der Waals surface area (Å²) < 4.78 is 10.4. The highest BCUT2D eigenvalue weighted by molar-refractivity contribution is 7.07. The number of nitrogens with two attached hydrogens (primary N) is 1. The lowest BCUT2D eigenvalue weighted by atomic mass is 10.2. The van der Waals surface area contributed by atoms with Crippen LogP contribution in [0.15, 0.2) is 35.2 Å². The SMILES string of the molecule is CC(OC(=O)c1ccc(OCc2cscn2)cc1)C(N)=O. The zero-order valence-corrected chi connectivity index (χ0v) is 12.1. The van der Waals surface area contributed by atoms with E-state index in [0.29, 0.717) is 17.9 Å². The average Bonchev–Trinajstić information content (AvgIpc) is 2.98. The molecule has 1 heterocycles. The molecule has 1 unspecified atom stereocenters. The number of hydrogen-bond acceptors (Lipinski definition) is 6. The minimum atomic E-state index is -0.960. The van der Waals surface area contributed by atoms with Crippen LogP contribution in [-0.4, -0.2) is 23.0 Å². The van der Waals surface area contributed by atoms with Crippen LogP contribution in [0.1, 0.15) is 23.0 Å². The summed E-state index contributed by atoms with van der Waals surface area (Å²) in [5, 5.41) is 1.90. The number of benzene rings is 1. The monoisotopic (exact) mass is 306 g/mol. The molecule has 1 amide bonds. The number of ether oxygens (including phenoxy) is 2. The topological polar surface area (TPSA) is 91.5 Å².